The van der Waals surface area contributed by atoms with Crippen molar-refractivity contribution in [3.05, 3.63) is 0 Å². The summed E-state index contributed by atoms with van der Waals surface area (Å²) in [4.78, 5) is 8.00. The predicted octanol–water partition coefficient (Wildman–Crippen LogP) is 2.52. The predicted molar refractivity (Wildman–Crippen MR) is 60.6 cm³/mol. The Balaban J connectivity index is 0.000000921. The lowest BCUT2D eigenvalue weighted by molar-refractivity contribution is -0.104. The third-order valence-electron chi connectivity index (χ3n) is 2.91. The smallest absolute Gasteiger partial charge is 0.154 e. The average molecular weight is 216 g/mol. The minimum absolute atomic E-state index is 0.538. The molecule has 0 aromatic rings. The minimum atomic E-state index is -0.538. The highest BCUT2D eigenvalue weighted by molar-refractivity contribution is 5.10. The fourth-order valence-corrected chi connectivity index (χ4v) is 1.96. The Morgan fingerprint density at radius 2 is 1.93 bits per heavy atom. The molecule has 1 atom stereocenters. The van der Waals surface area contributed by atoms with Crippen molar-refractivity contribution in [1.82, 2.24) is 0 Å². The Morgan fingerprint density at radius 3 is 2.47 bits per heavy atom. The lowest BCUT2D eigenvalue weighted by Gasteiger charge is -2.21. The van der Waals surface area contributed by atoms with Crippen LogP contribution in [0.2, 0.25) is 0 Å². The van der Waals surface area contributed by atoms with E-state index in [1.807, 2.05) is 13.7 Å². The standard InChI is InChI=1S/C11H22O2.CH2O/c1-2-11(12)13-9-8-10-6-4-3-5-7-10;1-2/h10-12H,2-9H2,1H3;1H2. The molecule has 0 radical (unpaired) electrons. The second-order valence-electron chi connectivity index (χ2n) is 4.03. The van der Waals surface area contributed by atoms with Crippen LogP contribution < -0.4 is 0 Å². The maximum atomic E-state index is 9.17. The summed E-state index contributed by atoms with van der Waals surface area (Å²) < 4.78 is 5.25. The van der Waals surface area contributed by atoms with Crippen LogP contribution in [0.4, 0.5) is 0 Å². The minimum Gasteiger partial charge on any atom is -0.368 e. The van der Waals surface area contributed by atoms with Gasteiger partial charge in [-0.1, -0.05) is 39.0 Å². The van der Waals surface area contributed by atoms with Gasteiger partial charge in [0, 0.05) is 6.61 Å². The van der Waals surface area contributed by atoms with Crippen molar-refractivity contribution in [2.75, 3.05) is 6.61 Å². The van der Waals surface area contributed by atoms with E-state index in [0.717, 1.165) is 18.9 Å². The second kappa shape index (κ2) is 10.1. The molecule has 90 valence electrons. The van der Waals surface area contributed by atoms with Crippen LogP contribution in [-0.4, -0.2) is 24.8 Å². The molecule has 0 saturated heterocycles. The second-order valence-corrected chi connectivity index (χ2v) is 4.03. The molecule has 1 unspecified atom stereocenters. The first-order valence-corrected chi connectivity index (χ1v) is 5.91. The highest BCUT2D eigenvalue weighted by Crippen LogP contribution is 2.26. The topological polar surface area (TPSA) is 46.5 Å². The Morgan fingerprint density at radius 1 is 1.33 bits per heavy atom. The van der Waals surface area contributed by atoms with Gasteiger partial charge in [-0.05, 0) is 18.8 Å². The molecular weight excluding hydrogens is 192 g/mol. The molecule has 0 heterocycles. The third kappa shape index (κ3) is 7.51. The lowest BCUT2D eigenvalue weighted by Crippen LogP contribution is -2.15. The lowest BCUT2D eigenvalue weighted by atomic mass is 9.87. The fourth-order valence-electron chi connectivity index (χ4n) is 1.96. The Hall–Kier alpha value is -0.410. The molecule has 3 nitrogen and oxygen atoms in total. The number of carbonyl (C=O) groups is 1. The molecule has 1 aliphatic carbocycles. The van der Waals surface area contributed by atoms with Gasteiger partial charge < -0.3 is 14.6 Å². The van der Waals surface area contributed by atoms with E-state index in [9.17, 15) is 0 Å². The number of aliphatic hydroxyl groups excluding tert-OH is 1. The molecule has 0 aromatic carbocycles. The number of hydrogen-bond acceptors (Lipinski definition) is 3. The van der Waals surface area contributed by atoms with E-state index in [4.69, 9.17) is 14.6 Å². The van der Waals surface area contributed by atoms with E-state index < -0.39 is 6.29 Å². The maximum absolute atomic E-state index is 9.17. The summed E-state index contributed by atoms with van der Waals surface area (Å²) >= 11 is 0. The Bertz CT molecular complexity index is 133. The molecule has 3 heteroatoms. The summed E-state index contributed by atoms with van der Waals surface area (Å²) in [6.07, 6.45) is 8.22. The molecule has 1 N–H and O–H groups in total. The van der Waals surface area contributed by atoms with Gasteiger partial charge >= 0.3 is 0 Å². The third-order valence-corrected chi connectivity index (χ3v) is 2.91. The van der Waals surface area contributed by atoms with Crippen molar-refractivity contribution in [3.8, 4) is 0 Å². The fraction of sp³-hybridized carbons (Fsp3) is 0.917. The van der Waals surface area contributed by atoms with E-state index in [2.05, 4.69) is 0 Å². The van der Waals surface area contributed by atoms with Crippen LogP contribution in [0.25, 0.3) is 0 Å². The molecule has 15 heavy (non-hydrogen) atoms. The van der Waals surface area contributed by atoms with E-state index in [1.165, 1.54) is 32.1 Å². The van der Waals surface area contributed by atoms with Gasteiger partial charge in [-0.25, -0.2) is 0 Å². The zero-order chi connectivity index (χ0) is 11.5. The highest BCUT2D eigenvalue weighted by Gasteiger charge is 2.13. The normalized spacial score (nSPS) is 19.1. The van der Waals surface area contributed by atoms with Gasteiger partial charge in [0.2, 0.25) is 0 Å². The van der Waals surface area contributed by atoms with E-state index >= 15 is 0 Å². The first kappa shape index (κ1) is 14.6. The van der Waals surface area contributed by atoms with Crippen LogP contribution in [0.15, 0.2) is 0 Å². The summed E-state index contributed by atoms with van der Waals surface area (Å²) in [5, 5.41) is 9.17. The van der Waals surface area contributed by atoms with Crippen LogP contribution in [0.3, 0.4) is 0 Å². The van der Waals surface area contributed by atoms with Crippen molar-refractivity contribution < 1.29 is 14.6 Å². The first-order chi connectivity index (χ1) is 7.33. The van der Waals surface area contributed by atoms with Crippen LogP contribution >= 0.6 is 0 Å². The summed E-state index contributed by atoms with van der Waals surface area (Å²) in [7, 11) is 0. The van der Waals surface area contributed by atoms with E-state index in [0.29, 0.717) is 6.42 Å². The zero-order valence-corrected chi connectivity index (χ0v) is 9.78. The molecule has 0 spiro atoms. The number of hydrogen-bond donors (Lipinski definition) is 1. The summed E-state index contributed by atoms with van der Waals surface area (Å²) in [5.41, 5.74) is 0. The van der Waals surface area contributed by atoms with Crippen molar-refractivity contribution in [2.24, 2.45) is 5.92 Å². The van der Waals surface area contributed by atoms with Crippen molar-refractivity contribution in [2.45, 2.75) is 58.2 Å². The number of rotatable bonds is 5. The van der Waals surface area contributed by atoms with Crippen molar-refractivity contribution in [3.63, 3.8) is 0 Å². The van der Waals surface area contributed by atoms with Gasteiger partial charge in [-0.15, -0.1) is 0 Å². The SMILES string of the molecule is C=O.CCC(O)OCCC1CCCCC1. The number of aliphatic hydroxyl groups is 1. The molecule has 0 amide bonds. The van der Waals surface area contributed by atoms with Crippen LogP contribution in [-0.2, 0) is 9.53 Å². The summed E-state index contributed by atoms with van der Waals surface area (Å²) in [6.45, 7) is 4.67. The Labute approximate surface area is 92.8 Å². The molecule has 1 rings (SSSR count). The largest absolute Gasteiger partial charge is 0.368 e. The van der Waals surface area contributed by atoms with Gasteiger partial charge in [0.1, 0.15) is 6.79 Å². The summed E-state index contributed by atoms with van der Waals surface area (Å²) in [5.74, 6) is 0.859. The number of ether oxygens (including phenoxy) is 1. The highest BCUT2D eigenvalue weighted by atomic mass is 16.6. The van der Waals surface area contributed by atoms with Gasteiger partial charge in [0.25, 0.3) is 0 Å². The zero-order valence-electron chi connectivity index (χ0n) is 9.78. The van der Waals surface area contributed by atoms with Gasteiger partial charge in [0.15, 0.2) is 6.29 Å². The van der Waals surface area contributed by atoms with Gasteiger partial charge in [0.05, 0.1) is 0 Å². The molecule has 1 saturated carbocycles. The quantitative estimate of drug-likeness (QED) is 0.718. The van der Waals surface area contributed by atoms with Crippen molar-refractivity contribution in [1.29, 1.82) is 0 Å². The molecule has 1 aliphatic rings. The Kier molecular flexibility index (Phi) is 9.84. The number of carbonyl (C=O) groups excluding carboxylic acids is 1. The molecule has 0 aromatic heterocycles. The van der Waals surface area contributed by atoms with Crippen LogP contribution in [0.5, 0.6) is 0 Å². The first-order valence-electron chi connectivity index (χ1n) is 5.91. The van der Waals surface area contributed by atoms with Gasteiger partial charge in [-0.2, -0.15) is 0 Å². The maximum Gasteiger partial charge on any atom is 0.154 e. The average Bonchev–Trinajstić information content (AvgIpc) is 2.33. The summed E-state index contributed by atoms with van der Waals surface area (Å²) in [6, 6.07) is 0. The van der Waals surface area contributed by atoms with Gasteiger partial charge in [-0.3, -0.25) is 0 Å². The van der Waals surface area contributed by atoms with Crippen molar-refractivity contribution >= 4 is 6.79 Å². The van der Waals surface area contributed by atoms with Crippen LogP contribution in [0.1, 0.15) is 51.9 Å². The van der Waals surface area contributed by atoms with E-state index in [1.54, 1.807) is 0 Å². The molecule has 0 aliphatic heterocycles. The molecular formula is C12H24O3. The molecule has 0 bridgehead atoms. The van der Waals surface area contributed by atoms with E-state index in [-0.39, 0.29) is 0 Å². The molecule has 1 fully saturated rings. The van der Waals surface area contributed by atoms with Crippen LogP contribution in [0, 0.1) is 5.92 Å². The monoisotopic (exact) mass is 216 g/mol.